The molecule has 1 aliphatic rings. The van der Waals surface area contributed by atoms with Crippen LogP contribution < -0.4 is 10.0 Å². The van der Waals surface area contributed by atoms with E-state index in [2.05, 4.69) is 15.0 Å². The van der Waals surface area contributed by atoms with Crippen molar-refractivity contribution in [3.63, 3.8) is 0 Å². The van der Waals surface area contributed by atoms with E-state index < -0.39 is 15.6 Å². The molecule has 0 saturated heterocycles. The van der Waals surface area contributed by atoms with Gasteiger partial charge in [0.05, 0.1) is 32.3 Å². The highest BCUT2D eigenvalue weighted by Gasteiger charge is 2.35. The second-order valence-electron chi connectivity index (χ2n) is 6.81. The van der Waals surface area contributed by atoms with Gasteiger partial charge in [-0.25, -0.2) is 18.1 Å². The first-order chi connectivity index (χ1) is 12.3. The number of nitrogens with zero attached hydrogens (tertiary/aromatic N) is 1. The van der Waals surface area contributed by atoms with Gasteiger partial charge in [-0.3, -0.25) is 4.79 Å². The van der Waals surface area contributed by atoms with E-state index in [1.807, 2.05) is 18.4 Å². The first kappa shape index (κ1) is 19.5. The normalized spacial score (nSPS) is 17.2. The maximum Gasteiger partial charge on any atom is 0.261 e. The van der Waals surface area contributed by atoms with Crippen LogP contribution in [0.5, 0.6) is 0 Å². The molecule has 6 nitrogen and oxygen atoms in total. The Morgan fingerprint density at radius 2 is 2.00 bits per heavy atom. The molecule has 2 aromatic rings. The minimum atomic E-state index is -3.33. The Morgan fingerprint density at radius 3 is 2.62 bits per heavy atom. The number of thiophene rings is 1. The number of sulfonamides is 1. The number of hydrogen-bond acceptors (Lipinski definition) is 6. The monoisotopic (exact) mass is 413 g/mol. The Balaban J connectivity index is 1.68. The van der Waals surface area contributed by atoms with Gasteiger partial charge < -0.3 is 5.32 Å². The van der Waals surface area contributed by atoms with E-state index in [-0.39, 0.29) is 5.91 Å². The predicted molar refractivity (Wildman–Crippen MR) is 106 cm³/mol. The zero-order valence-corrected chi connectivity index (χ0v) is 17.3. The van der Waals surface area contributed by atoms with E-state index in [4.69, 9.17) is 0 Å². The van der Waals surface area contributed by atoms with Crippen molar-refractivity contribution in [1.82, 2.24) is 15.0 Å². The molecular weight excluding hydrogens is 390 g/mol. The fourth-order valence-electron chi connectivity index (χ4n) is 3.35. The summed E-state index contributed by atoms with van der Waals surface area (Å²) in [6.45, 7) is 2.26. The third kappa shape index (κ3) is 4.91. The zero-order chi connectivity index (χ0) is 18.8. The summed E-state index contributed by atoms with van der Waals surface area (Å²) in [6.07, 6.45) is 5.69. The molecule has 1 aliphatic carbocycles. The van der Waals surface area contributed by atoms with Gasteiger partial charge in [0.15, 0.2) is 0 Å². The van der Waals surface area contributed by atoms with Crippen LogP contribution in [0.2, 0.25) is 0 Å². The number of nitrogens with one attached hydrogen (secondary N) is 2. The average molecular weight is 414 g/mol. The molecule has 0 bridgehead atoms. The van der Waals surface area contributed by atoms with Gasteiger partial charge in [0.1, 0.15) is 0 Å². The summed E-state index contributed by atoms with van der Waals surface area (Å²) >= 11 is 2.98. The lowest BCUT2D eigenvalue weighted by atomic mass is 9.82. The first-order valence-electron chi connectivity index (χ1n) is 8.56. The number of amides is 1. The van der Waals surface area contributed by atoms with Crippen LogP contribution in [0, 0.1) is 6.92 Å². The molecule has 2 N–H and O–H groups in total. The summed E-state index contributed by atoms with van der Waals surface area (Å²) in [5.41, 5.74) is 0.312. The molecule has 1 saturated carbocycles. The van der Waals surface area contributed by atoms with Gasteiger partial charge in [0.25, 0.3) is 5.91 Å². The van der Waals surface area contributed by atoms with Gasteiger partial charge in [0, 0.05) is 11.9 Å². The molecule has 26 heavy (non-hydrogen) atoms. The summed E-state index contributed by atoms with van der Waals surface area (Å²) < 4.78 is 26.3. The highest BCUT2D eigenvalue weighted by molar-refractivity contribution is 7.88. The Labute approximate surface area is 162 Å². The molecule has 0 atom stereocenters. The molecule has 142 valence electrons. The van der Waals surface area contributed by atoms with Gasteiger partial charge in [-0.15, -0.1) is 22.7 Å². The number of carbonyl (C=O) groups is 1. The quantitative estimate of drug-likeness (QED) is 0.761. The number of hydrogen-bond donors (Lipinski definition) is 2. The molecule has 0 unspecified atom stereocenters. The van der Waals surface area contributed by atoms with E-state index in [1.165, 1.54) is 17.6 Å². The largest absolute Gasteiger partial charge is 0.349 e. The smallest absolute Gasteiger partial charge is 0.261 e. The summed E-state index contributed by atoms with van der Waals surface area (Å²) in [5, 5.41) is 5.90. The van der Waals surface area contributed by atoms with Crippen LogP contribution in [0.25, 0.3) is 10.6 Å². The Morgan fingerprint density at radius 1 is 1.27 bits per heavy atom. The molecule has 0 aromatic carbocycles. The van der Waals surface area contributed by atoms with Crippen LogP contribution in [0.15, 0.2) is 17.5 Å². The van der Waals surface area contributed by atoms with E-state index >= 15 is 0 Å². The average Bonchev–Trinajstić information content (AvgIpc) is 3.21. The van der Waals surface area contributed by atoms with Crippen LogP contribution in [-0.4, -0.2) is 37.6 Å². The van der Waals surface area contributed by atoms with Crippen molar-refractivity contribution in [3.05, 3.63) is 27.4 Å². The maximum atomic E-state index is 12.5. The number of thiazole rings is 1. The molecule has 2 aromatic heterocycles. The minimum Gasteiger partial charge on any atom is -0.349 e. The van der Waals surface area contributed by atoms with Crippen LogP contribution in [0.3, 0.4) is 0 Å². The van der Waals surface area contributed by atoms with Crippen LogP contribution in [0.1, 0.15) is 46.8 Å². The highest BCUT2D eigenvalue weighted by Crippen LogP contribution is 2.30. The molecule has 1 amide bonds. The fraction of sp³-hybridized carbons (Fsp3) is 0.529. The zero-order valence-electron chi connectivity index (χ0n) is 14.9. The standard InChI is InChI=1S/C17H23N3O3S3/c1-12-19-13(10-24-12)14-6-7-15(25-14)16(21)18-11-17(20-26(2,22)23)8-4-3-5-9-17/h6-7,10,20H,3-5,8-9,11H2,1-2H3,(H,18,21). The SMILES string of the molecule is Cc1nc(-c2ccc(C(=O)NCC3(NS(C)(=O)=O)CCCCC3)s2)cs1. The fourth-order valence-corrected chi connectivity index (χ4v) is 5.98. The van der Waals surface area contributed by atoms with E-state index in [9.17, 15) is 13.2 Å². The van der Waals surface area contributed by atoms with E-state index in [0.717, 1.165) is 47.7 Å². The maximum absolute atomic E-state index is 12.5. The summed E-state index contributed by atoms with van der Waals surface area (Å²) in [4.78, 5) is 18.6. The second-order valence-corrected chi connectivity index (χ2v) is 10.7. The van der Waals surface area contributed by atoms with Crippen molar-refractivity contribution in [2.45, 2.75) is 44.6 Å². The van der Waals surface area contributed by atoms with Crippen molar-refractivity contribution in [3.8, 4) is 10.6 Å². The number of rotatable bonds is 6. The molecule has 2 heterocycles. The number of aromatic nitrogens is 1. The Kier molecular flexibility index (Phi) is 5.81. The predicted octanol–water partition coefficient (Wildman–Crippen LogP) is 3.16. The molecule has 0 spiro atoms. The molecular formula is C17H23N3O3S3. The van der Waals surface area contributed by atoms with E-state index in [0.29, 0.717) is 11.4 Å². The minimum absolute atomic E-state index is 0.173. The van der Waals surface area contributed by atoms with E-state index in [1.54, 1.807) is 17.4 Å². The third-order valence-corrected chi connectivity index (χ3v) is 7.18. The first-order valence-corrected chi connectivity index (χ1v) is 12.1. The van der Waals surface area contributed by atoms with Crippen LogP contribution in [-0.2, 0) is 10.0 Å². The summed E-state index contributed by atoms with van der Waals surface area (Å²) in [7, 11) is -3.33. The molecule has 1 fully saturated rings. The van der Waals surface area contributed by atoms with Crippen LogP contribution >= 0.6 is 22.7 Å². The molecule has 3 rings (SSSR count). The van der Waals surface area contributed by atoms with Crippen LogP contribution in [0.4, 0.5) is 0 Å². The topological polar surface area (TPSA) is 88.2 Å². The number of carbonyl (C=O) groups excluding carboxylic acids is 1. The Hall–Kier alpha value is -1.29. The summed E-state index contributed by atoms with van der Waals surface area (Å²) in [6, 6.07) is 3.70. The Bertz CT molecular complexity index is 880. The van der Waals surface area contributed by atoms with Gasteiger partial charge in [0.2, 0.25) is 10.0 Å². The van der Waals surface area contributed by atoms with Gasteiger partial charge in [-0.05, 0) is 31.9 Å². The highest BCUT2D eigenvalue weighted by atomic mass is 32.2. The lowest BCUT2D eigenvalue weighted by molar-refractivity contribution is 0.0938. The van der Waals surface area contributed by atoms with Crippen molar-refractivity contribution in [2.24, 2.45) is 0 Å². The third-order valence-electron chi connectivity index (χ3n) is 4.50. The molecule has 9 heteroatoms. The lowest BCUT2D eigenvalue weighted by Gasteiger charge is -2.37. The van der Waals surface area contributed by atoms with Crippen molar-refractivity contribution in [2.75, 3.05) is 12.8 Å². The lowest BCUT2D eigenvalue weighted by Crippen LogP contribution is -2.56. The van der Waals surface area contributed by atoms with Crippen molar-refractivity contribution in [1.29, 1.82) is 0 Å². The van der Waals surface area contributed by atoms with Crippen molar-refractivity contribution < 1.29 is 13.2 Å². The molecule has 0 aliphatic heterocycles. The van der Waals surface area contributed by atoms with Gasteiger partial charge >= 0.3 is 0 Å². The number of aryl methyl sites for hydroxylation is 1. The van der Waals surface area contributed by atoms with Gasteiger partial charge in [-0.1, -0.05) is 19.3 Å². The summed E-state index contributed by atoms with van der Waals surface area (Å²) in [5.74, 6) is -0.173. The second kappa shape index (κ2) is 7.75. The van der Waals surface area contributed by atoms with Gasteiger partial charge in [-0.2, -0.15) is 0 Å². The van der Waals surface area contributed by atoms with Crippen molar-refractivity contribution >= 4 is 38.6 Å². The molecule has 0 radical (unpaired) electrons.